The Morgan fingerprint density at radius 2 is 2.44 bits per heavy atom. The normalized spacial score (nSPS) is 12.9. The summed E-state index contributed by atoms with van der Waals surface area (Å²) in [6, 6.07) is 2.29. The van der Waals surface area contributed by atoms with Gasteiger partial charge in [-0.15, -0.1) is 11.3 Å². The maximum absolute atomic E-state index is 5.62. The number of nitrogens with zero attached hydrogens (tertiary/aromatic N) is 2. The molecule has 2 aromatic rings. The fourth-order valence-electron chi connectivity index (χ4n) is 1.78. The van der Waals surface area contributed by atoms with Gasteiger partial charge in [-0.1, -0.05) is 0 Å². The molecule has 0 aromatic carbocycles. The summed E-state index contributed by atoms with van der Waals surface area (Å²) in [4.78, 5) is 1.30. The Hall–Kier alpha value is -1.17. The molecule has 0 spiro atoms. The summed E-state index contributed by atoms with van der Waals surface area (Å²) in [5.74, 6) is 5.62. The molecule has 0 aliphatic heterocycles. The molecule has 16 heavy (non-hydrogen) atoms. The highest BCUT2D eigenvalue weighted by Gasteiger charge is 2.14. The zero-order valence-corrected chi connectivity index (χ0v) is 10.3. The number of thiophene rings is 1. The Bertz CT molecular complexity index is 460. The van der Waals surface area contributed by atoms with Crippen LogP contribution in [0.1, 0.15) is 22.0 Å². The fraction of sp³-hybridized carbons (Fsp3) is 0.364. The summed E-state index contributed by atoms with van der Waals surface area (Å²) in [5, 5.41) is 6.25. The van der Waals surface area contributed by atoms with Gasteiger partial charge in [-0.25, -0.2) is 0 Å². The molecular formula is C11H16N4S. The first kappa shape index (κ1) is 11.3. The van der Waals surface area contributed by atoms with E-state index in [0.29, 0.717) is 0 Å². The van der Waals surface area contributed by atoms with Crippen molar-refractivity contribution in [2.24, 2.45) is 12.9 Å². The van der Waals surface area contributed by atoms with Crippen molar-refractivity contribution in [2.45, 2.75) is 19.4 Å². The lowest BCUT2D eigenvalue weighted by Crippen LogP contribution is -2.29. The predicted octanol–water partition coefficient (Wildman–Crippen LogP) is 1.54. The molecule has 0 aliphatic carbocycles. The van der Waals surface area contributed by atoms with E-state index in [0.717, 1.165) is 6.42 Å². The van der Waals surface area contributed by atoms with Gasteiger partial charge in [0, 0.05) is 18.1 Å². The van der Waals surface area contributed by atoms with Crippen LogP contribution in [0.25, 0.3) is 0 Å². The molecule has 1 atom stereocenters. The third-order valence-corrected chi connectivity index (χ3v) is 3.75. The number of aromatic nitrogens is 2. The highest BCUT2D eigenvalue weighted by atomic mass is 32.1. The van der Waals surface area contributed by atoms with E-state index in [1.165, 1.54) is 16.0 Å². The first-order chi connectivity index (χ1) is 7.70. The SMILES string of the molecule is Cc1ccsc1C(Cc1cnn(C)c1)NN. The third kappa shape index (κ3) is 2.32. The number of aryl methyl sites for hydroxylation is 2. The second-order valence-electron chi connectivity index (χ2n) is 3.91. The fourth-order valence-corrected chi connectivity index (χ4v) is 2.77. The summed E-state index contributed by atoms with van der Waals surface area (Å²) in [7, 11) is 1.92. The van der Waals surface area contributed by atoms with Gasteiger partial charge in [-0.3, -0.25) is 16.0 Å². The van der Waals surface area contributed by atoms with Crippen molar-refractivity contribution in [1.82, 2.24) is 15.2 Å². The Balaban J connectivity index is 2.15. The van der Waals surface area contributed by atoms with Crippen molar-refractivity contribution in [3.63, 3.8) is 0 Å². The van der Waals surface area contributed by atoms with E-state index in [2.05, 4.69) is 28.9 Å². The Kier molecular flexibility index (Phi) is 3.38. The lowest BCUT2D eigenvalue weighted by molar-refractivity contribution is 0.558. The van der Waals surface area contributed by atoms with Crippen LogP contribution in [0.5, 0.6) is 0 Å². The van der Waals surface area contributed by atoms with E-state index in [9.17, 15) is 0 Å². The van der Waals surface area contributed by atoms with E-state index < -0.39 is 0 Å². The Labute approximate surface area is 99.1 Å². The van der Waals surface area contributed by atoms with Crippen molar-refractivity contribution in [2.75, 3.05) is 0 Å². The molecule has 0 radical (unpaired) electrons. The monoisotopic (exact) mass is 236 g/mol. The molecule has 0 fully saturated rings. The van der Waals surface area contributed by atoms with Crippen molar-refractivity contribution < 1.29 is 0 Å². The molecule has 0 bridgehead atoms. The van der Waals surface area contributed by atoms with Gasteiger partial charge in [-0.05, 0) is 35.9 Å². The van der Waals surface area contributed by atoms with E-state index in [1.807, 2.05) is 24.1 Å². The van der Waals surface area contributed by atoms with Gasteiger partial charge in [0.25, 0.3) is 0 Å². The molecule has 2 rings (SSSR count). The average Bonchev–Trinajstić information content (AvgIpc) is 2.84. The molecule has 0 saturated heterocycles. The number of nitrogens with two attached hydrogens (primary N) is 1. The summed E-state index contributed by atoms with van der Waals surface area (Å²) in [6.45, 7) is 2.11. The van der Waals surface area contributed by atoms with Gasteiger partial charge < -0.3 is 0 Å². The summed E-state index contributed by atoms with van der Waals surface area (Å²) in [5.41, 5.74) is 5.36. The summed E-state index contributed by atoms with van der Waals surface area (Å²) >= 11 is 1.74. The van der Waals surface area contributed by atoms with Crippen LogP contribution in [0.4, 0.5) is 0 Å². The van der Waals surface area contributed by atoms with Gasteiger partial charge >= 0.3 is 0 Å². The predicted molar refractivity (Wildman–Crippen MR) is 66.0 cm³/mol. The second kappa shape index (κ2) is 4.78. The molecular weight excluding hydrogens is 220 g/mol. The maximum atomic E-state index is 5.62. The van der Waals surface area contributed by atoms with Gasteiger partial charge in [0.2, 0.25) is 0 Å². The molecule has 0 saturated carbocycles. The van der Waals surface area contributed by atoms with Crippen molar-refractivity contribution >= 4 is 11.3 Å². The van der Waals surface area contributed by atoms with Gasteiger partial charge in [0.05, 0.1) is 12.2 Å². The lowest BCUT2D eigenvalue weighted by Gasteiger charge is -2.14. The van der Waals surface area contributed by atoms with Crippen LogP contribution < -0.4 is 11.3 Å². The third-order valence-electron chi connectivity index (χ3n) is 2.62. The molecule has 4 nitrogen and oxygen atoms in total. The molecule has 1 unspecified atom stereocenters. The van der Waals surface area contributed by atoms with Gasteiger partial charge in [0.15, 0.2) is 0 Å². The van der Waals surface area contributed by atoms with Crippen LogP contribution in [0.15, 0.2) is 23.8 Å². The van der Waals surface area contributed by atoms with E-state index in [4.69, 9.17) is 5.84 Å². The zero-order chi connectivity index (χ0) is 11.5. The van der Waals surface area contributed by atoms with E-state index in [-0.39, 0.29) is 6.04 Å². The zero-order valence-electron chi connectivity index (χ0n) is 9.47. The highest BCUT2D eigenvalue weighted by molar-refractivity contribution is 7.10. The average molecular weight is 236 g/mol. The first-order valence-corrected chi connectivity index (χ1v) is 6.06. The van der Waals surface area contributed by atoms with Gasteiger partial charge in [-0.2, -0.15) is 5.10 Å². The van der Waals surface area contributed by atoms with Crippen molar-refractivity contribution in [1.29, 1.82) is 0 Å². The standard InChI is InChI=1S/C11H16N4S/c1-8-3-4-16-11(8)10(14-12)5-9-6-13-15(2)7-9/h3-4,6-7,10,14H,5,12H2,1-2H3. The second-order valence-corrected chi connectivity index (χ2v) is 4.86. The van der Waals surface area contributed by atoms with Crippen molar-refractivity contribution in [3.8, 4) is 0 Å². The number of rotatable bonds is 4. The van der Waals surface area contributed by atoms with Crippen LogP contribution in [0.2, 0.25) is 0 Å². The number of hydrogen-bond donors (Lipinski definition) is 2. The number of hydrogen-bond acceptors (Lipinski definition) is 4. The van der Waals surface area contributed by atoms with Crippen LogP contribution in [0, 0.1) is 6.92 Å². The van der Waals surface area contributed by atoms with Crippen LogP contribution in [0.3, 0.4) is 0 Å². The quantitative estimate of drug-likeness (QED) is 0.625. The lowest BCUT2D eigenvalue weighted by atomic mass is 10.1. The highest BCUT2D eigenvalue weighted by Crippen LogP contribution is 2.25. The van der Waals surface area contributed by atoms with Crippen LogP contribution in [-0.4, -0.2) is 9.78 Å². The molecule has 3 N–H and O–H groups in total. The minimum Gasteiger partial charge on any atom is -0.276 e. The minimum atomic E-state index is 0.171. The molecule has 5 heteroatoms. The summed E-state index contributed by atoms with van der Waals surface area (Å²) in [6.07, 6.45) is 4.77. The summed E-state index contributed by atoms with van der Waals surface area (Å²) < 4.78 is 1.81. The maximum Gasteiger partial charge on any atom is 0.0597 e. The largest absolute Gasteiger partial charge is 0.276 e. The van der Waals surface area contributed by atoms with E-state index in [1.54, 1.807) is 11.3 Å². The molecule has 86 valence electrons. The molecule has 2 aromatic heterocycles. The molecule has 2 heterocycles. The molecule has 0 aliphatic rings. The van der Waals surface area contributed by atoms with Gasteiger partial charge in [0.1, 0.15) is 0 Å². The molecule has 0 amide bonds. The van der Waals surface area contributed by atoms with Crippen LogP contribution in [-0.2, 0) is 13.5 Å². The first-order valence-electron chi connectivity index (χ1n) is 5.18. The number of hydrazine groups is 1. The van der Waals surface area contributed by atoms with Crippen molar-refractivity contribution in [3.05, 3.63) is 39.8 Å². The topological polar surface area (TPSA) is 55.9 Å². The number of nitrogens with one attached hydrogen (secondary N) is 1. The van der Waals surface area contributed by atoms with Crippen LogP contribution >= 0.6 is 11.3 Å². The smallest absolute Gasteiger partial charge is 0.0597 e. The Morgan fingerprint density at radius 3 is 2.94 bits per heavy atom. The minimum absolute atomic E-state index is 0.171. The van der Waals surface area contributed by atoms with E-state index >= 15 is 0 Å². The Morgan fingerprint density at radius 1 is 1.62 bits per heavy atom.